The molecule has 4 N–H and O–H groups in total. The SMILES string of the molecule is CCC(C)(C)c1ccc(O)c(N=Nc2c(Cc3ccccc3)nn(C)c2O)c1.CCC(C)(C)c1ccc(O)c(N=Nc2c(Cc3ccccc3)nn(C)c2O)c1.CCN1C(=CC2=[N+](CC)c3ccccc3C2(C)C)C(C)(C)c2ccccc21.[Co]. The van der Waals surface area contributed by atoms with E-state index in [0.29, 0.717) is 47.0 Å². The van der Waals surface area contributed by atoms with E-state index >= 15 is 0 Å². The van der Waals surface area contributed by atoms with E-state index in [1.807, 2.05) is 84.9 Å². The van der Waals surface area contributed by atoms with Gasteiger partial charge in [-0.3, -0.25) is 0 Å². The number of hydrogen-bond acceptors (Lipinski definition) is 11. The molecule has 0 fully saturated rings. The third-order valence-electron chi connectivity index (χ3n) is 16.9. The van der Waals surface area contributed by atoms with E-state index in [1.54, 1.807) is 26.2 Å². The Balaban J connectivity index is 0.000000180. The molecule has 2 aliphatic heterocycles. The molecule has 10 rings (SSSR count). The summed E-state index contributed by atoms with van der Waals surface area (Å²) in [4.78, 5) is 2.50. The molecule has 2 aliphatic rings. The zero-order chi connectivity index (χ0) is 60.0. The first kappa shape index (κ1) is 63.4. The summed E-state index contributed by atoms with van der Waals surface area (Å²) in [5, 5.41) is 66.7. The van der Waals surface area contributed by atoms with E-state index in [4.69, 9.17) is 0 Å². The molecule has 2 aromatic heterocycles. The number of rotatable bonds is 15. The van der Waals surface area contributed by atoms with E-state index < -0.39 is 0 Å². The molecule has 0 aliphatic carbocycles. The van der Waals surface area contributed by atoms with Gasteiger partial charge in [-0.1, -0.05) is 165 Å². The van der Waals surface area contributed by atoms with Crippen LogP contribution in [0.25, 0.3) is 0 Å². The second kappa shape index (κ2) is 26.2. The largest absolute Gasteiger partial charge is 0.506 e. The fraction of sp³-hybridized carbons (Fsp3) is 0.348. The van der Waals surface area contributed by atoms with Gasteiger partial charge in [-0.05, 0) is 110 Å². The molecule has 6 aromatic carbocycles. The van der Waals surface area contributed by atoms with Crippen molar-refractivity contribution in [3.63, 3.8) is 0 Å². The monoisotopic (exact) mass is 1170 g/mol. The number of benzene rings is 6. The van der Waals surface area contributed by atoms with Crippen molar-refractivity contribution >= 4 is 39.8 Å². The molecule has 0 unspecified atom stereocenters. The van der Waals surface area contributed by atoms with Gasteiger partial charge in [0, 0.05) is 84.8 Å². The summed E-state index contributed by atoms with van der Waals surface area (Å²) in [7, 11) is 3.31. The van der Waals surface area contributed by atoms with E-state index in [1.165, 1.54) is 43.3 Å². The van der Waals surface area contributed by atoms with Gasteiger partial charge in [-0.15, -0.1) is 20.5 Å². The summed E-state index contributed by atoms with van der Waals surface area (Å²) in [5.74, 6) is -0.0155. The van der Waals surface area contributed by atoms with Crippen LogP contribution < -0.4 is 4.90 Å². The molecule has 8 aromatic rings. The van der Waals surface area contributed by atoms with E-state index in [9.17, 15) is 20.4 Å². The van der Waals surface area contributed by atoms with Crippen LogP contribution in [0.1, 0.15) is 141 Å². The zero-order valence-electron chi connectivity index (χ0n) is 51.3. The van der Waals surface area contributed by atoms with Crippen LogP contribution >= 0.6 is 0 Å². The van der Waals surface area contributed by atoms with Gasteiger partial charge in [0.25, 0.3) is 0 Å². The minimum atomic E-state index is -0.0563. The third kappa shape index (κ3) is 13.3. The smallest absolute Gasteiger partial charge is 0.238 e. The molecule has 441 valence electrons. The second-order valence-corrected chi connectivity index (χ2v) is 23.8. The Labute approximate surface area is 506 Å². The minimum absolute atomic E-state index is 0. The van der Waals surface area contributed by atoms with Crippen LogP contribution in [0, 0.1) is 0 Å². The summed E-state index contributed by atoms with van der Waals surface area (Å²) in [6, 6.07) is 48.2. The van der Waals surface area contributed by atoms with Gasteiger partial charge < -0.3 is 25.3 Å². The van der Waals surface area contributed by atoms with Crippen LogP contribution in [0.4, 0.5) is 34.1 Å². The first-order chi connectivity index (χ1) is 39.5. The number of phenolic OH excluding ortho intramolecular Hbond substituents is 2. The van der Waals surface area contributed by atoms with Gasteiger partial charge in [-0.25, -0.2) is 9.36 Å². The number of azo groups is 2. The van der Waals surface area contributed by atoms with Crippen molar-refractivity contribution in [2.45, 2.75) is 130 Å². The third-order valence-corrected chi connectivity index (χ3v) is 16.9. The van der Waals surface area contributed by atoms with Crippen molar-refractivity contribution < 1.29 is 41.8 Å². The van der Waals surface area contributed by atoms with Gasteiger partial charge in [0.05, 0.1) is 16.8 Å². The van der Waals surface area contributed by atoms with Crippen molar-refractivity contribution in [3.8, 4) is 23.3 Å². The topological polar surface area (TPSA) is 172 Å². The number of fused-ring (bicyclic) bond motifs is 2. The molecule has 0 amide bonds. The van der Waals surface area contributed by atoms with Crippen molar-refractivity contribution in [2.24, 2.45) is 34.6 Å². The van der Waals surface area contributed by atoms with Crippen molar-refractivity contribution in [1.29, 1.82) is 0 Å². The van der Waals surface area contributed by atoms with Crippen molar-refractivity contribution in [1.82, 2.24) is 19.6 Å². The molecule has 0 saturated carbocycles. The normalized spacial score (nSPS) is 14.7. The molecule has 0 saturated heterocycles. The molecular weight excluding hydrogens is 1090 g/mol. The molecule has 84 heavy (non-hydrogen) atoms. The number of para-hydroxylation sites is 2. The second-order valence-electron chi connectivity index (χ2n) is 23.8. The number of phenols is 2. The van der Waals surface area contributed by atoms with Gasteiger partial charge >= 0.3 is 0 Å². The molecule has 0 atom stereocenters. The predicted molar refractivity (Wildman–Crippen MR) is 335 cm³/mol. The summed E-state index contributed by atoms with van der Waals surface area (Å²) in [6.45, 7) is 28.7. The Kier molecular flexibility index (Phi) is 19.8. The first-order valence-electron chi connectivity index (χ1n) is 28.9. The Hall–Kier alpha value is -8.14. The van der Waals surface area contributed by atoms with E-state index in [2.05, 4.69) is 178 Å². The van der Waals surface area contributed by atoms with Crippen molar-refractivity contribution in [3.05, 3.63) is 202 Å². The van der Waals surface area contributed by atoms with Crippen LogP contribution in [0.3, 0.4) is 0 Å². The number of nitrogens with zero attached hydrogens (tertiary/aromatic N) is 10. The molecule has 1 radical (unpaired) electrons. The fourth-order valence-electron chi connectivity index (χ4n) is 10.8. The number of aromatic hydroxyl groups is 4. The van der Waals surface area contributed by atoms with Crippen LogP contribution in [-0.2, 0) is 65.4 Å². The molecule has 14 nitrogen and oxygen atoms in total. The summed E-state index contributed by atoms with van der Waals surface area (Å²) < 4.78 is 5.25. The van der Waals surface area contributed by atoms with Gasteiger partial charge in [0.1, 0.15) is 29.4 Å². The molecule has 0 spiro atoms. The van der Waals surface area contributed by atoms with Gasteiger partial charge in [0.2, 0.25) is 17.4 Å². The molecule has 0 bridgehead atoms. The zero-order valence-corrected chi connectivity index (χ0v) is 52.3. The van der Waals surface area contributed by atoms with Crippen LogP contribution in [0.2, 0.25) is 0 Å². The van der Waals surface area contributed by atoms with Crippen LogP contribution in [-0.4, -0.2) is 63.4 Å². The molecular formula is C69H83CoN10O4+. The summed E-state index contributed by atoms with van der Waals surface area (Å²) in [6.07, 6.45) is 5.45. The first-order valence-corrected chi connectivity index (χ1v) is 28.9. The van der Waals surface area contributed by atoms with Crippen LogP contribution in [0.5, 0.6) is 23.3 Å². The van der Waals surface area contributed by atoms with E-state index in [-0.39, 0.29) is 61.7 Å². The fourth-order valence-corrected chi connectivity index (χ4v) is 10.8. The maximum absolute atomic E-state index is 10.3. The predicted octanol–water partition coefficient (Wildman–Crippen LogP) is 16.8. The van der Waals surface area contributed by atoms with Gasteiger partial charge in [-0.2, -0.15) is 14.8 Å². The number of allylic oxidation sites excluding steroid dienone is 2. The Bertz CT molecular complexity index is 3560. The average molecular weight is 1180 g/mol. The Morgan fingerprint density at radius 1 is 0.536 bits per heavy atom. The minimum Gasteiger partial charge on any atom is -0.506 e. The number of aryl methyl sites for hydroxylation is 2. The number of hydrogen-bond donors (Lipinski definition) is 4. The Morgan fingerprint density at radius 3 is 1.40 bits per heavy atom. The van der Waals surface area contributed by atoms with Gasteiger partial charge in [0.15, 0.2) is 17.1 Å². The number of likely N-dealkylation sites (N-methyl/N-ethyl adjacent to an activating group) is 1. The number of anilines is 1. The summed E-state index contributed by atoms with van der Waals surface area (Å²) >= 11 is 0. The van der Waals surface area contributed by atoms with Crippen LogP contribution in [0.15, 0.2) is 178 Å². The summed E-state index contributed by atoms with van der Waals surface area (Å²) in [5.41, 5.74) is 15.2. The molecule has 4 heterocycles. The maximum atomic E-state index is 10.3. The average Bonchev–Trinajstić information content (AvgIpc) is 1.82. The molecule has 15 heteroatoms. The van der Waals surface area contributed by atoms with Crippen molar-refractivity contribution in [2.75, 3.05) is 18.0 Å². The van der Waals surface area contributed by atoms with E-state index in [0.717, 1.165) is 48.2 Å². The standard InChI is InChI=1S/C25H31N2.2C22H26N4O2.Co/c1-7-26-20-15-11-9-13-18(20)24(3,4)22(26)17-23-25(5,6)19-14-10-12-16-21(19)27(23)8-2;2*1-5-22(2,3)16-11-12-19(27)17(14-16)23-24-20-18(25-26(4)21(20)28)13-15-9-7-6-8-10-15;/h9-17H,7-8H2,1-6H3;2*6-12,14,27-28H,5,13H2,1-4H3;/q+1;;;. The Morgan fingerprint density at radius 2 is 0.964 bits per heavy atom. The number of aromatic nitrogens is 4. The maximum Gasteiger partial charge on any atom is 0.238 e. The quantitative estimate of drug-likeness (QED) is 0.0584.